The highest BCUT2D eigenvalue weighted by molar-refractivity contribution is 5.98. The third-order valence-corrected chi connectivity index (χ3v) is 5.03. The molecule has 0 bridgehead atoms. The van der Waals surface area contributed by atoms with Crippen LogP contribution in [-0.2, 0) is 17.9 Å². The molecule has 2 aromatic carbocycles. The fraction of sp³-hybridized carbons (Fsp3) is 0.308. The van der Waals surface area contributed by atoms with E-state index in [4.69, 9.17) is 9.15 Å². The Morgan fingerprint density at radius 3 is 2.28 bits per heavy atom. The van der Waals surface area contributed by atoms with E-state index in [2.05, 4.69) is 0 Å². The second-order valence-electron chi connectivity index (χ2n) is 8.09. The quantitative estimate of drug-likeness (QED) is 0.467. The number of nitrogens with zero attached hydrogens (tertiary/aromatic N) is 2. The van der Waals surface area contributed by atoms with Crippen molar-refractivity contribution in [3.63, 3.8) is 0 Å². The number of hydrogen-bond donors (Lipinski definition) is 0. The van der Waals surface area contributed by atoms with Gasteiger partial charge >= 0.3 is 0 Å². The number of furan rings is 1. The van der Waals surface area contributed by atoms with Gasteiger partial charge in [-0.15, -0.1) is 0 Å². The largest absolute Gasteiger partial charge is 0.496 e. The summed E-state index contributed by atoms with van der Waals surface area (Å²) in [7, 11) is 1.54. The third kappa shape index (κ3) is 6.23. The maximum Gasteiger partial charge on any atom is 0.258 e. The van der Waals surface area contributed by atoms with Gasteiger partial charge in [-0.3, -0.25) is 9.59 Å². The molecule has 0 aliphatic heterocycles. The van der Waals surface area contributed by atoms with Crippen molar-refractivity contribution >= 4 is 11.8 Å². The second kappa shape index (κ2) is 11.2. The van der Waals surface area contributed by atoms with Gasteiger partial charge in [0.1, 0.15) is 18.1 Å². The van der Waals surface area contributed by atoms with Crippen molar-refractivity contribution < 1.29 is 18.7 Å². The van der Waals surface area contributed by atoms with E-state index in [1.165, 1.54) is 7.11 Å². The van der Waals surface area contributed by atoms with Crippen LogP contribution in [0.15, 0.2) is 77.4 Å². The number of ether oxygens (including phenoxy) is 1. The predicted octanol–water partition coefficient (Wildman–Crippen LogP) is 4.62. The summed E-state index contributed by atoms with van der Waals surface area (Å²) in [6.07, 6.45) is 1.59. The van der Waals surface area contributed by atoms with Crippen molar-refractivity contribution in [2.24, 2.45) is 5.92 Å². The Hall–Kier alpha value is -3.54. The summed E-state index contributed by atoms with van der Waals surface area (Å²) in [5.74, 6) is 1.03. The molecule has 32 heavy (non-hydrogen) atoms. The smallest absolute Gasteiger partial charge is 0.258 e. The van der Waals surface area contributed by atoms with Crippen molar-refractivity contribution in [1.29, 1.82) is 0 Å². The van der Waals surface area contributed by atoms with Crippen molar-refractivity contribution in [3.05, 3.63) is 89.9 Å². The van der Waals surface area contributed by atoms with Crippen LogP contribution in [0, 0.1) is 5.92 Å². The van der Waals surface area contributed by atoms with Crippen LogP contribution in [0.5, 0.6) is 5.75 Å². The summed E-state index contributed by atoms with van der Waals surface area (Å²) in [6, 6.07) is 20.5. The first-order valence-corrected chi connectivity index (χ1v) is 10.7. The SMILES string of the molecule is COc1ccccc1C(=O)N(CC(=O)N(Cc1ccccc1)Cc1ccco1)CC(C)C. The Morgan fingerprint density at radius 1 is 0.906 bits per heavy atom. The van der Waals surface area contributed by atoms with Crippen molar-refractivity contribution in [3.8, 4) is 5.75 Å². The van der Waals surface area contributed by atoms with Gasteiger partial charge < -0.3 is 19.0 Å². The van der Waals surface area contributed by atoms with Crippen LogP contribution in [0.25, 0.3) is 0 Å². The molecular weight excluding hydrogens is 404 g/mol. The van der Waals surface area contributed by atoms with Gasteiger partial charge in [0.25, 0.3) is 5.91 Å². The first-order valence-electron chi connectivity index (χ1n) is 10.7. The highest BCUT2D eigenvalue weighted by atomic mass is 16.5. The Bertz CT molecular complexity index is 1000. The van der Waals surface area contributed by atoms with E-state index < -0.39 is 0 Å². The van der Waals surface area contributed by atoms with Crippen molar-refractivity contribution in [1.82, 2.24) is 9.80 Å². The minimum Gasteiger partial charge on any atom is -0.496 e. The molecule has 2 amide bonds. The number of rotatable bonds is 10. The summed E-state index contributed by atoms with van der Waals surface area (Å²) in [5, 5.41) is 0. The zero-order chi connectivity index (χ0) is 22.9. The average Bonchev–Trinajstić information content (AvgIpc) is 3.31. The molecule has 1 heterocycles. The minimum absolute atomic E-state index is 0.0252. The van der Waals surface area contributed by atoms with Gasteiger partial charge in [-0.25, -0.2) is 0 Å². The van der Waals surface area contributed by atoms with Crippen LogP contribution < -0.4 is 4.74 Å². The number of carbonyl (C=O) groups excluding carboxylic acids is 2. The van der Waals surface area contributed by atoms with Gasteiger partial charge in [-0.1, -0.05) is 56.3 Å². The number of carbonyl (C=O) groups is 2. The normalized spacial score (nSPS) is 10.8. The lowest BCUT2D eigenvalue weighted by Gasteiger charge is -2.29. The molecule has 0 spiro atoms. The summed E-state index contributed by atoms with van der Waals surface area (Å²) in [4.78, 5) is 30.1. The number of methoxy groups -OCH3 is 1. The molecule has 6 nitrogen and oxygen atoms in total. The van der Waals surface area contributed by atoms with Gasteiger partial charge in [-0.05, 0) is 35.7 Å². The van der Waals surface area contributed by atoms with Crippen LogP contribution in [0.2, 0.25) is 0 Å². The van der Waals surface area contributed by atoms with E-state index in [1.54, 1.807) is 40.3 Å². The van der Waals surface area contributed by atoms with Crippen LogP contribution in [-0.4, -0.2) is 41.8 Å². The fourth-order valence-electron chi connectivity index (χ4n) is 3.54. The van der Waals surface area contributed by atoms with E-state index >= 15 is 0 Å². The standard InChI is InChI=1S/C26H30N2O4/c1-20(2)16-28(26(30)23-13-7-8-14-24(23)31-3)19-25(29)27(18-22-12-9-15-32-22)17-21-10-5-4-6-11-21/h4-15,20H,16-19H2,1-3H3. The van der Waals surface area contributed by atoms with Gasteiger partial charge in [0, 0.05) is 13.1 Å². The molecule has 0 aliphatic carbocycles. The fourth-order valence-corrected chi connectivity index (χ4v) is 3.54. The molecule has 0 saturated carbocycles. The van der Waals surface area contributed by atoms with Crippen LogP contribution >= 0.6 is 0 Å². The van der Waals surface area contributed by atoms with E-state index in [1.807, 2.05) is 56.3 Å². The Balaban J connectivity index is 1.83. The van der Waals surface area contributed by atoms with E-state index in [0.29, 0.717) is 36.7 Å². The van der Waals surface area contributed by atoms with E-state index in [9.17, 15) is 9.59 Å². The number of amides is 2. The summed E-state index contributed by atoms with van der Waals surface area (Å²) < 4.78 is 10.8. The first kappa shape index (κ1) is 23.1. The van der Waals surface area contributed by atoms with E-state index in [-0.39, 0.29) is 24.3 Å². The minimum atomic E-state index is -0.220. The summed E-state index contributed by atoms with van der Waals surface area (Å²) >= 11 is 0. The van der Waals surface area contributed by atoms with Gasteiger partial charge in [-0.2, -0.15) is 0 Å². The molecule has 1 aromatic heterocycles. The number of hydrogen-bond acceptors (Lipinski definition) is 4. The van der Waals surface area contributed by atoms with Crippen LogP contribution in [0.3, 0.4) is 0 Å². The first-order chi connectivity index (χ1) is 15.5. The lowest BCUT2D eigenvalue weighted by Crippen LogP contribution is -2.44. The predicted molar refractivity (Wildman–Crippen MR) is 123 cm³/mol. The molecule has 3 aromatic rings. The molecule has 0 radical (unpaired) electrons. The van der Waals surface area contributed by atoms with Crippen molar-refractivity contribution in [2.45, 2.75) is 26.9 Å². The molecule has 0 fully saturated rings. The lowest BCUT2D eigenvalue weighted by molar-refractivity contribution is -0.133. The molecule has 0 N–H and O–H groups in total. The van der Waals surface area contributed by atoms with Gasteiger partial charge in [0.15, 0.2) is 0 Å². The van der Waals surface area contributed by atoms with E-state index in [0.717, 1.165) is 5.56 Å². The molecule has 168 valence electrons. The van der Waals surface area contributed by atoms with Crippen LogP contribution in [0.1, 0.15) is 35.5 Å². The molecule has 0 aliphatic rings. The van der Waals surface area contributed by atoms with Gasteiger partial charge in [0.2, 0.25) is 5.91 Å². The van der Waals surface area contributed by atoms with Crippen molar-refractivity contribution in [2.75, 3.05) is 20.2 Å². The second-order valence-corrected chi connectivity index (χ2v) is 8.09. The summed E-state index contributed by atoms with van der Waals surface area (Å²) in [5.41, 5.74) is 1.46. The molecule has 0 saturated heterocycles. The maximum atomic E-state index is 13.4. The van der Waals surface area contributed by atoms with Crippen LogP contribution in [0.4, 0.5) is 0 Å². The average molecular weight is 435 g/mol. The molecule has 6 heteroatoms. The Kier molecular flexibility index (Phi) is 8.08. The third-order valence-electron chi connectivity index (χ3n) is 5.03. The lowest BCUT2D eigenvalue weighted by atomic mass is 10.1. The van der Waals surface area contributed by atoms with Gasteiger partial charge in [0.05, 0.1) is 25.5 Å². The Labute approximate surface area is 189 Å². The highest BCUT2D eigenvalue weighted by Crippen LogP contribution is 2.20. The molecule has 3 rings (SSSR count). The summed E-state index contributed by atoms with van der Waals surface area (Å²) in [6.45, 7) is 5.25. The molecule has 0 atom stereocenters. The Morgan fingerprint density at radius 2 is 1.62 bits per heavy atom. The highest BCUT2D eigenvalue weighted by Gasteiger charge is 2.25. The molecular formula is C26H30N2O4. The number of para-hydroxylation sites is 1. The number of benzene rings is 2. The molecule has 0 unspecified atom stereocenters. The maximum absolute atomic E-state index is 13.4. The zero-order valence-corrected chi connectivity index (χ0v) is 18.9. The topological polar surface area (TPSA) is 63.0 Å². The monoisotopic (exact) mass is 434 g/mol. The zero-order valence-electron chi connectivity index (χ0n) is 18.9.